The van der Waals surface area contributed by atoms with E-state index in [0.29, 0.717) is 12.0 Å². The van der Waals surface area contributed by atoms with E-state index in [1.54, 1.807) is 0 Å². The van der Waals surface area contributed by atoms with Gasteiger partial charge in [-0.05, 0) is 56.4 Å². The van der Waals surface area contributed by atoms with Crippen LogP contribution in [-0.2, 0) is 4.74 Å². The topological polar surface area (TPSA) is 48.9 Å². The number of anilines is 1. The largest absolute Gasteiger partial charge is 0.376 e. The highest BCUT2D eigenvalue weighted by Gasteiger charge is 2.22. The molecule has 2 aliphatic heterocycles. The van der Waals surface area contributed by atoms with Crippen molar-refractivity contribution in [2.45, 2.75) is 32.3 Å². The number of benzene rings is 1. The first kappa shape index (κ1) is 18.5. The van der Waals surface area contributed by atoms with Crippen molar-refractivity contribution in [3.05, 3.63) is 28.7 Å². The molecule has 5 nitrogen and oxygen atoms in total. The van der Waals surface area contributed by atoms with Crippen LogP contribution in [0.1, 0.15) is 26.2 Å². The molecule has 6 heteroatoms. The fourth-order valence-electron chi connectivity index (χ4n) is 3.45. The summed E-state index contributed by atoms with van der Waals surface area (Å²) >= 11 is 3.50. The highest BCUT2D eigenvalue weighted by molar-refractivity contribution is 9.10. The highest BCUT2D eigenvalue weighted by Crippen LogP contribution is 2.25. The first-order valence-corrected chi connectivity index (χ1v) is 10.2. The van der Waals surface area contributed by atoms with E-state index in [4.69, 9.17) is 9.73 Å². The number of hydrogen-bond acceptors (Lipinski definition) is 3. The molecular formula is C19H29BrN4O. The lowest BCUT2D eigenvalue weighted by Crippen LogP contribution is -2.41. The maximum Gasteiger partial charge on any atom is 0.191 e. The van der Waals surface area contributed by atoms with Crippen LogP contribution in [0.3, 0.4) is 0 Å². The zero-order valence-electron chi connectivity index (χ0n) is 15.0. The van der Waals surface area contributed by atoms with Gasteiger partial charge in [0.2, 0.25) is 0 Å². The maximum atomic E-state index is 5.68. The Labute approximate surface area is 159 Å². The molecule has 138 valence electrons. The molecule has 1 aromatic rings. The minimum atomic E-state index is 0.336. The van der Waals surface area contributed by atoms with Crippen LogP contribution in [-0.4, -0.2) is 51.4 Å². The lowest BCUT2D eigenvalue weighted by atomic mass is 10.1. The summed E-state index contributed by atoms with van der Waals surface area (Å²) in [6, 6.07) is 8.59. The molecule has 0 saturated carbocycles. The fourth-order valence-corrected chi connectivity index (χ4v) is 3.71. The SMILES string of the molecule is CCNC(=NCC1CCN(c2ccc(Br)cc2)C1)NCC1CCCO1. The zero-order chi connectivity index (χ0) is 17.5. The number of halogens is 1. The number of rotatable bonds is 6. The number of nitrogens with one attached hydrogen (secondary N) is 2. The Morgan fingerprint density at radius 2 is 2.12 bits per heavy atom. The molecule has 0 amide bonds. The molecule has 2 N–H and O–H groups in total. The van der Waals surface area contributed by atoms with E-state index in [2.05, 4.69) is 62.7 Å². The van der Waals surface area contributed by atoms with Crippen molar-refractivity contribution in [3.8, 4) is 0 Å². The predicted octanol–water partition coefficient (Wildman–Crippen LogP) is 3.01. The third kappa shape index (κ3) is 5.61. The second-order valence-corrected chi connectivity index (χ2v) is 7.73. The van der Waals surface area contributed by atoms with Gasteiger partial charge in [-0.25, -0.2) is 0 Å². The van der Waals surface area contributed by atoms with Gasteiger partial charge >= 0.3 is 0 Å². The third-order valence-electron chi connectivity index (χ3n) is 4.85. The second-order valence-electron chi connectivity index (χ2n) is 6.81. The predicted molar refractivity (Wildman–Crippen MR) is 107 cm³/mol. The monoisotopic (exact) mass is 408 g/mol. The molecule has 2 fully saturated rings. The summed E-state index contributed by atoms with van der Waals surface area (Å²) in [6.45, 7) is 7.79. The number of aliphatic imine (C=N–C) groups is 1. The Hall–Kier alpha value is -1.27. The Bertz CT molecular complexity index is 557. The normalized spacial score (nSPS) is 23.9. The van der Waals surface area contributed by atoms with Crippen LogP contribution < -0.4 is 15.5 Å². The third-order valence-corrected chi connectivity index (χ3v) is 5.38. The molecular weight excluding hydrogens is 380 g/mol. The van der Waals surface area contributed by atoms with Gasteiger partial charge in [0.15, 0.2) is 5.96 Å². The molecule has 2 unspecified atom stereocenters. The Morgan fingerprint density at radius 3 is 2.84 bits per heavy atom. The average molecular weight is 409 g/mol. The molecule has 2 heterocycles. The van der Waals surface area contributed by atoms with E-state index in [9.17, 15) is 0 Å². The van der Waals surface area contributed by atoms with Gasteiger partial charge in [0.25, 0.3) is 0 Å². The van der Waals surface area contributed by atoms with Crippen LogP contribution in [0.2, 0.25) is 0 Å². The summed E-state index contributed by atoms with van der Waals surface area (Å²) in [4.78, 5) is 7.26. The second kappa shape index (κ2) is 9.43. The average Bonchev–Trinajstić information content (AvgIpc) is 3.30. The van der Waals surface area contributed by atoms with E-state index in [-0.39, 0.29) is 0 Å². The van der Waals surface area contributed by atoms with Crippen LogP contribution in [0.25, 0.3) is 0 Å². The molecule has 0 aliphatic carbocycles. The molecule has 3 rings (SSSR count). The zero-order valence-corrected chi connectivity index (χ0v) is 16.6. The highest BCUT2D eigenvalue weighted by atomic mass is 79.9. The van der Waals surface area contributed by atoms with E-state index in [0.717, 1.165) is 56.2 Å². The van der Waals surface area contributed by atoms with Gasteiger partial charge in [0.1, 0.15) is 0 Å². The van der Waals surface area contributed by atoms with Gasteiger partial charge in [0.05, 0.1) is 6.10 Å². The van der Waals surface area contributed by atoms with Crippen LogP contribution in [0.15, 0.2) is 33.7 Å². The molecule has 1 aromatic carbocycles. The van der Waals surface area contributed by atoms with Crippen molar-refractivity contribution in [1.29, 1.82) is 0 Å². The van der Waals surface area contributed by atoms with Crippen molar-refractivity contribution >= 4 is 27.6 Å². The summed E-state index contributed by atoms with van der Waals surface area (Å²) < 4.78 is 6.80. The lowest BCUT2D eigenvalue weighted by molar-refractivity contribution is 0.114. The molecule has 2 atom stereocenters. The Morgan fingerprint density at radius 1 is 1.28 bits per heavy atom. The van der Waals surface area contributed by atoms with Gasteiger partial charge in [-0.3, -0.25) is 4.99 Å². The minimum Gasteiger partial charge on any atom is -0.376 e. The molecule has 0 aromatic heterocycles. The number of ether oxygens (including phenoxy) is 1. The van der Waals surface area contributed by atoms with Gasteiger partial charge in [-0.2, -0.15) is 0 Å². The summed E-state index contributed by atoms with van der Waals surface area (Å²) in [7, 11) is 0. The number of guanidine groups is 1. The Balaban J connectivity index is 1.48. The molecule has 2 saturated heterocycles. The number of nitrogens with zero attached hydrogens (tertiary/aromatic N) is 2. The van der Waals surface area contributed by atoms with Crippen LogP contribution in [0.5, 0.6) is 0 Å². The summed E-state index contributed by atoms with van der Waals surface area (Å²) in [5.41, 5.74) is 1.30. The summed E-state index contributed by atoms with van der Waals surface area (Å²) in [5, 5.41) is 6.77. The van der Waals surface area contributed by atoms with Gasteiger partial charge in [-0.15, -0.1) is 0 Å². The molecule has 0 spiro atoms. The molecule has 0 bridgehead atoms. The fraction of sp³-hybridized carbons (Fsp3) is 0.632. The van der Waals surface area contributed by atoms with E-state index >= 15 is 0 Å². The standard InChI is InChI=1S/C19H29BrN4O/c1-2-21-19(23-13-18-4-3-11-25-18)22-12-15-9-10-24(14-15)17-7-5-16(20)6-8-17/h5-8,15,18H,2-4,9-14H2,1H3,(H2,21,22,23). The first-order valence-electron chi connectivity index (χ1n) is 9.39. The van der Waals surface area contributed by atoms with Crippen molar-refractivity contribution in [1.82, 2.24) is 10.6 Å². The van der Waals surface area contributed by atoms with Crippen molar-refractivity contribution in [3.63, 3.8) is 0 Å². The van der Waals surface area contributed by atoms with Crippen LogP contribution in [0.4, 0.5) is 5.69 Å². The van der Waals surface area contributed by atoms with Gasteiger partial charge in [-0.1, -0.05) is 15.9 Å². The molecule has 2 aliphatic rings. The Kier molecular flexibility index (Phi) is 6.99. The van der Waals surface area contributed by atoms with Gasteiger partial charge in [0, 0.05) is 49.5 Å². The van der Waals surface area contributed by atoms with E-state index in [1.165, 1.54) is 18.5 Å². The van der Waals surface area contributed by atoms with E-state index in [1.807, 2.05) is 0 Å². The summed E-state index contributed by atoms with van der Waals surface area (Å²) in [5.74, 6) is 1.53. The minimum absolute atomic E-state index is 0.336. The van der Waals surface area contributed by atoms with Crippen LogP contribution >= 0.6 is 15.9 Å². The molecule has 0 radical (unpaired) electrons. The van der Waals surface area contributed by atoms with E-state index < -0.39 is 0 Å². The van der Waals surface area contributed by atoms with Crippen molar-refractivity contribution in [2.24, 2.45) is 10.9 Å². The maximum absolute atomic E-state index is 5.68. The smallest absolute Gasteiger partial charge is 0.191 e. The van der Waals surface area contributed by atoms with Crippen LogP contribution in [0, 0.1) is 5.92 Å². The number of hydrogen-bond donors (Lipinski definition) is 2. The molecule has 25 heavy (non-hydrogen) atoms. The first-order chi connectivity index (χ1) is 12.2. The summed E-state index contributed by atoms with van der Waals surface area (Å²) in [6.07, 6.45) is 3.86. The van der Waals surface area contributed by atoms with Crippen molar-refractivity contribution < 1.29 is 4.74 Å². The van der Waals surface area contributed by atoms with Crippen molar-refractivity contribution in [2.75, 3.05) is 44.2 Å². The lowest BCUT2D eigenvalue weighted by Gasteiger charge is -2.19. The quantitative estimate of drug-likeness (QED) is 0.560. The van der Waals surface area contributed by atoms with Gasteiger partial charge < -0.3 is 20.3 Å².